The van der Waals surface area contributed by atoms with Crippen molar-refractivity contribution in [1.29, 1.82) is 0 Å². The third kappa shape index (κ3) is 2.69. The molecule has 1 aromatic heterocycles. The average molecular weight is 252 g/mol. The molecule has 0 aliphatic carbocycles. The molecule has 2 aromatic rings. The van der Waals surface area contributed by atoms with Crippen LogP contribution >= 0.6 is 23.4 Å². The van der Waals surface area contributed by atoms with Gasteiger partial charge >= 0.3 is 0 Å². The van der Waals surface area contributed by atoms with Crippen LogP contribution in [0.4, 0.5) is 0 Å². The van der Waals surface area contributed by atoms with Gasteiger partial charge in [0.15, 0.2) is 0 Å². The quantitative estimate of drug-likeness (QED) is 0.585. The predicted molar refractivity (Wildman–Crippen MR) is 73.2 cm³/mol. The third-order valence-corrected chi connectivity index (χ3v) is 3.90. The van der Waals surface area contributed by atoms with Crippen molar-refractivity contribution < 1.29 is 0 Å². The van der Waals surface area contributed by atoms with Crippen molar-refractivity contribution >= 4 is 34.3 Å². The second-order valence-electron chi connectivity index (χ2n) is 3.68. The summed E-state index contributed by atoms with van der Waals surface area (Å²) in [5.41, 5.74) is 2.11. The molecule has 0 aliphatic heterocycles. The first-order valence-corrected chi connectivity index (χ1v) is 6.96. The summed E-state index contributed by atoms with van der Waals surface area (Å²) in [6.07, 6.45) is 1.20. The highest BCUT2D eigenvalue weighted by molar-refractivity contribution is 7.98. The van der Waals surface area contributed by atoms with Crippen molar-refractivity contribution in [2.75, 3.05) is 5.75 Å². The highest BCUT2D eigenvalue weighted by Crippen LogP contribution is 2.24. The van der Waals surface area contributed by atoms with Gasteiger partial charge in [0, 0.05) is 16.7 Å². The van der Waals surface area contributed by atoms with Crippen molar-refractivity contribution in [3.8, 4) is 0 Å². The van der Waals surface area contributed by atoms with Gasteiger partial charge in [-0.1, -0.05) is 36.7 Å². The van der Waals surface area contributed by atoms with Crippen LogP contribution in [0.15, 0.2) is 30.3 Å². The van der Waals surface area contributed by atoms with E-state index < -0.39 is 0 Å². The standard InChI is InChI=1S/C13H14ClNS/c1-2-7-16-9-11-8-10-5-3-4-6-12(10)15-13(11)14/h3-6,8H,2,7,9H2,1H3. The minimum Gasteiger partial charge on any atom is -0.236 e. The van der Waals surface area contributed by atoms with Gasteiger partial charge in [-0.2, -0.15) is 11.8 Å². The van der Waals surface area contributed by atoms with Crippen molar-refractivity contribution in [3.63, 3.8) is 0 Å². The average Bonchev–Trinajstić information content (AvgIpc) is 2.30. The van der Waals surface area contributed by atoms with Gasteiger partial charge in [0.25, 0.3) is 0 Å². The van der Waals surface area contributed by atoms with Gasteiger partial charge in [0.05, 0.1) is 5.52 Å². The maximum absolute atomic E-state index is 6.16. The van der Waals surface area contributed by atoms with Gasteiger partial charge in [-0.25, -0.2) is 4.98 Å². The number of hydrogen-bond donors (Lipinski definition) is 0. The van der Waals surface area contributed by atoms with Gasteiger partial charge in [-0.15, -0.1) is 0 Å². The molecule has 0 saturated carbocycles. The van der Waals surface area contributed by atoms with Crippen LogP contribution in [0.2, 0.25) is 5.15 Å². The highest BCUT2D eigenvalue weighted by Gasteiger charge is 2.04. The molecule has 0 fully saturated rings. The monoisotopic (exact) mass is 251 g/mol. The Bertz CT molecular complexity index is 484. The molecule has 0 spiro atoms. The van der Waals surface area contributed by atoms with E-state index >= 15 is 0 Å². The summed E-state index contributed by atoms with van der Waals surface area (Å²) in [5.74, 6) is 2.12. The van der Waals surface area contributed by atoms with E-state index in [1.807, 2.05) is 30.0 Å². The zero-order valence-electron chi connectivity index (χ0n) is 9.24. The molecule has 84 valence electrons. The van der Waals surface area contributed by atoms with E-state index in [0.29, 0.717) is 5.15 Å². The molecule has 2 rings (SSSR count). The van der Waals surface area contributed by atoms with Crippen LogP contribution in [-0.2, 0) is 5.75 Å². The SMILES string of the molecule is CCCSCc1cc2ccccc2nc1Cl. The van der Waals surface area contributed by atoms with Crippen LogP contribution in [0.5, 0.6) is 0 Å². The lowest BCUT2D eigenvalue weighted by molar-refractivity contribution is 1.10. The minimum absolute atomic E-state index is 0.641. The number of benzene rings is 1. The fourth-order valence-corrected chi connectivity index (χ4v) is 2.73. The van der Waals surface area contributed by atoms with Crippen LogP contribution in [0, 0.1) is 0 Å². The van der Waals surface area contributed by atoms with Crippen molar-refractivity contribution in [2.24, 2.45) is 0 Å². The first-order valence-electron chi connectivity index (χ1n) is 5.43. The largest absolute Gasteiger partial charge is 0.236 e. The Kier molecular flexibility index (Phi) is 4.08. The Hall–Kier alpha value is -0.730. The topological polar surface area (TPSA) is 12.9 Å². The summed E-state index contributed by atoms with van der Waals surface area (Å²) in [6.45, 7) is 2.19. The zero-order chi connectivity index (χ0) is 11.4. The maximum atomic E-state index is 6.16. The number of nitrogens with zero attached hydrogens (tertiary/aromatic N) is 1. The normalized spacial score (nSPS) is 10.9. The number of aromatic nitrogens is 1. The van der Waals surface area contributed by atoms with Crippen LogP contribution < -0.4 is 0 Å². The number of fused-ring (bicyclic) bond motifs is 1. The third-order valence-electron chi connectivity index (χ3n) is 2.36. The number of pyridine rings is 1. The fourth-order valence-electron chi connectivity index (χ4n) is 1.56. The summed E-state index contributed by atoms with van der Waals surface area (Å²) in [4.78, 5) is 4.41. The number of hydrogen-bond acceptors (Lipinski definition) is 2. The lowest BCUT2D eigenvalue weighted by Gasteiger charge is -2.05. The Labute approximate surface area is 105 Å². The van der Waals surface area contributed by atoms with Crippen LogP contribution in [0.3, 0.4) is 0 Å². The van der Waals surface area contributed by atoms with E-state index in [-0.39, 0.29) is 0 Å². The summed E-state index contributed by atoms with van der Waals surface area (Å²) in [5, 5.41) is 1.81. The maximum Gasteiger partial charge on any atom is 0.133 e. The molecular formula is C13H14ClNS. The van der Waals surface area contributed by atoms with E-state index in [2.05, 4.69) is 24.0 Å². The smallest absolute Gasteiger partial charge is 0.133 e. The predicted octanol–water partition coefficient (Wildman–Crippen LogP) is 4.53. The Morgan fingerprint density at radius 2 is 2.12 bits per heavy atom. The molecule has 0 unspecified atom stereocenters. The molecule has 0 aliphatic rings. The first-order chi connectivity index (χ1) is 7.81. The van der Waals surface area contributed by atoms with Crippen LogP contribution in [-0.4, -0.2) is 10.7 Å². The van der Waals surface area contributed by atoms with E-state index in [9.17, 15) is 0 Å². The Balaban J connectivity index is 2.27. The van der Waals surface area contributed by atoms with E-state index in [4.69, 9.17) is 11.6 Å². The van der Waals surface area contributed by atoms with Crippen LogP contribution in [0.25, 0.3) is 10.9 Å². The molecule has 3 heteroatoms. The van der Waals surface area contributed by atoms with E-state index in [1.165, 1.54) is 17.6 Å². The van der Waals surface area contributed by atoms with Crippen molar-refractivity contribution in [3.05, 3.63) is 41.0 Å². The molecule has 1 nitrogen and oxygen atoms in total. The lowest BCUT2D eigenvalue weighted by atomic mass is 10.2. The summed E-state index contributed by atoms with van der Waals surface area (Å²) in [6, 6.07) is 10.2. The van der Waals surface area contributed by atoms with Gasteiger partial charge in [-0.3, -0.25) is 0 Å². The molecular weight excluding hydrogens is 238 g/mol. The lowest BCUT2D eigenvalue weighted by Crippen LogP contribution is -1.89. The number of para-hydroxylation sites is 1. The second-order valence-corrected chi connectivity index (χ2v) is 5.15. The molecule has 0 saturated heterocycles. The minimum atomic E-state index is 0.641. The summed E-state index contributed by atoms with van der Waals surface area (Å²) >= 11 is 8.06. The Morgan fingerprint density at radius 3 is 2.94 bits per heavy atom. The molecule has 1 aromatic carbocycles. The van der Waals surface area contributed by atoms with Gasteiger partial charge in [-0.05, 0) is 24.3 Å². The first kappa shape index (κ1) is 11.7. The molecule has 16 heavy (non-hydrogen) atoms. The molecule has 1 heterocycles. The van der Waals surface area contributed by atoms with Crippen LogP contribution in [0.1, 0.15) is 18.9 Å². The van der Waals surface area contributed by atoms with E-state index in [1.54, 1.807) is 0 Å². The summed E-state index contributed by atoms with van der Waals surface area (Å²) < 4.78 is 0. The highest BCUT2D eigenvalue weighted by atomic mass is 35.5. The Morgan fingerprint density at radius 1 is 1.31 bits per heavy atom. The van der Waals surface area contributed by atoms with E-state index in [0.717, 1.165) is 16.8 Å². The zero-order valence-corrected chi connectivity index (χ0v) is 10.8. The molecule has 0 N–H and O–H groups in total. The van der Waals surface area contributed by atoms with Gasteiger partial charge in [0.2, 0.25) is 0 Å². The molecule has 0 amide bonds. The fraction of sp³-hybridized carbons (Fsp3) is 0.308. The number of halogens is 1. The molecule has 0 atom stereocenters. The molecule has 0 bridgehead atoms. The second kappa shape index (κ2) is 5.55. The van der Waals surface area contributed by atoms with Crippen molar-refractivity contribution in [2.45, 2.75) is 19.1 Å². The number of rotatable bonds is 4. The van der Waals surface area contributed by atoms with Gasteiger partial charge < -0.3 is 0 Å². The molecule has 0 radical (unpaired) electrons. The number of thioether (sulfide) groups is 1. The summed E-state index contributed by atoms with van der Waals surface area (Å²) in [7, 11) is 0. The van der Waals surface area contributed by atoms with Crippen molar-refractivity contribution in [1.82, 2.24) is 4.98 Å². The van der Waals surface area contributed by atoms with Gasteiger partial charge in [0.1, 0.15) is 5.15 Å².